The quantitative estimate of drug-likeness (QED) is 0.537. The Labute approximate surface area is 83.8 Å². The van der Waals surface area contributed by atoms with Gasteiger partial charge in [-0.1, -0.05) is 18.7 Å². The lowest BCUT2D eigenvalue weighted by Crippen LogP contribution is -2.37. The van der Waals surface area contributed by atoms with Crippen LogP contribution in [-0.4, -0.2) is 25.2 Å². The van der Waals surface area contributed by atoms with E-state index in [4.69, 9.17) is 4.74 Å². The highest BCUT2D eigenvalue weighted by Crippen LogP contribution is 2.39. The Morgan fingerprint density at radius 3 is 3.43 bits per heavy atom. The minimum Gasteiger partial charge on any atom is -0.373 e. The van der Waals surface area contributed by atoms with Gasteiger partial charge in [-0.3, -0.25) is 4.79 Å². The zero-order chi connectivity index (χ0) is 10.0. The van der Waals surface area contributed by atoms with Crippen LogP contribution in [0.4, 0.5) is 0 Å². The van der Waals surface area contributed by atoms with Gasteiger partial charge in [-0.25, -0.2) is 0 Å². The summed E-state index contributed by atoms with van der Waals surface area (Å²) in [4.78, 5) is 11.0. The number of hydrogen-bond acceptors (Lipinski definition) is 2. The van der Waals surface area contributed by atoms with E-state index in [1.165, 1.54) is 6.08 Å². The lowest BCUT2D eigenvalue weighted by atomic mass is 9.79. The summed E-state index contributed by atoms with van der Waals surface area (Å²) in [5.74, 6) is -0.0996. The molecule has 0 aromatic carbocycles. The fourth-order valence-electron chi connectivity index (χ4n) is 2.11. The third kappa shape index (κ3) is 1.73. The minimum atomic E-state index is -0.0996. The summed E-state index contributed by atoms with van der Waals surface area (Å²) in [6, 6.07) is 0. The molecule has 2 rings (SSSR count). The lowest BCUT2D eigenvalue weighted by Gasteiger charge is -2.27. The summed E-state index contributed by atoms with van der Waals surface area (Å²) in [6.45, 7) is 4.87. The molecule has 1 aliphatic carbocycles. The van der Waals surface area contributed by atoms with Crippen LogP contribution in [0.5, 0.6) is 0 Å². The fraction of sp³-hybridized carbons (Fsp3) is 0.545. The summed E-state index contributed by atoms with van der Waals surface area (Å²) in [6.07, 6.45) is 7.87. The first-order valence-corrected chi connectivity index (χ1v) is 4.93. The molecule has 76 valence electrons. The van der Waals surface area contributed by atoms with Crippen molar-refractivity contribution in [3.8, 4) is 0 Å². The Kier molecular flexibility index (Phi) is 2.42. The smallest absolute Gasteiger partial charge is 0.243 e. The third-order valence-electron chi connectivity index (χ3n) is 2.96. The Bertz CT molecular complexity index is 285. The zero-order valence-corrected chi connectivity index (χ0v) is 8.16. The largest absolute Gasteiger partial charge is 0.373 e. The predicted octanol–water partition coefficient (Wildman–Crippen LogP) is 1.02. The van der Waals surface area contributed by atoms with Crippen molar-refractivity contribution >= 4 is 5.91 Å². The van der Waals surface area contributed by atoms with E-state index in [0.717, 1.165) is 19.4 Å². The van der Waals surface area contributed by atoms with E-state index in [2.05, 4.69) is 24.0 Å². The van der Waals surface area contributed by atoms with Crippen molar-refractivity contribution in [2.45, 2.75) is 18.9 Å². The highest BCUT2D eigenvalue weighted by molar-refractivity contribution is 5.86. The second-order valence-corrected chi connectivity index (χ2v) is 4.11. The maximum atomic E-state index is 11.0. The highest BCUT2D eigenvalue weighted by atomic mass is 16.5. The first kappa shape index (κ1) is 9.46. The third-order valence-corrected chi connectivity index (χ3v) is 2.96. The number of allylic oxidation sites excluding steroid dienone is 1. The van der Waals surface area contributed by atoms with Crippen LogP contribution in [0, 0.1) is 5.41 Å². The van der Waals surface area contributed by atoms with Crippen LogP contribution in [0.25, 0.3) is 0 Å². The molecule has 1 aliphatic heterocycles. The molecule has 1 saturated heterocycles. The van der Waals surface area contributed by atoms with Crippen LogP contribution in [0.2, 0.25) is 0 Å². The molecule has 2 unspecified atom stereocenters. The van der Waals surface area contributed by atoms with Crippen LogP contribution in [-0.2, 0) is 9.53 Å². The van der Waals surface area contributed by atoms with Crippen molar-refractivity contribution in [1.82, 2.24) is 5.32 Å². The normalized spacial score (nSPS) is 34.1. The first-order chi connectivity index (χ1) is 6.74. The highest BCUT2D eigenvalue weighted by Gasteiger charge is 2.40. The molecule has 1 N–H and O–H groups in total. The standard InChI is InChI=1S/C11H15NO2/c1-2-10(13)12-7-11-5-3-4-9(6-11)14-8-11/h2-4,9H,1,5-8H2,(H,12,13). The van der Waals surface area contributed by atoms with Gasteiger partial charge in [-0.15, -0.1) is 0 Å². The molecule has 0 radical (unpaired) electrons. The lowest BCUT2D eigenvalue weighted by molar-refractivity contribution is -0.117. The molecule has 0 spiro atoms. The summed E-state index contributed by atoms with van der Waals surface area (Å²) < 4.78 is 5.58. The molecule has 1 heterocycles. The van der Waals surface area contributed by atoms with Gasteiger partial charge in [-0.2, -0.15) is 0 Å². The van der Waals surface area contributed by atoms with E-state index in [1.54, 1.807) is 0 Å². The second-order valence-electron chi connectivity index (χ2n) is 4.11. The molecule has 1 fully saturated rings. The Morgan fingerprint density at radius 2 is 2.64 bits per heavy atom. The average molecular weight is 193 g/mol. The SMILES string of the molecule is C=CC(=O)NCC12CC=CC(C1)OC2. The van der Waals surface area contributed by atoms with E-state index in [-0.39, 0.29) is 17.4 Å². The molecule has 0 aromatic heterocycles. The van der Waals surface area contributed by atoms with Crippen molar-refractivity contribution in [2.75, 3.05) is 13.2 Å². The van der Waals surface area contributed by atoms with E-state index >= 15 is 0 Å². The first-order valence-electron chi connectivity index (χ1n) is 4.93. The zero-order valence-electron chi connectivity index (χ0n) is 8.16. The van der Waals surface area contributed by atoms with Gasteiger partial charge in [0, 0.05) is 12.0 Å². The monoisotopic (exact) mass is 193 g/mol. The van der Waals surface area contributed by atoms with Crippen LogP contribution in [0.3, 0.4) is 0 Å². The van der Waals surface area contributed by atoms with E-state index in [0.29, 0.717) is 6.54 Å². The molecule has 14 heavy (non-hydrogen) atoms. The summed E-state index contributed by atoms with van der Waals surface area (Å²) in [7, 11) is 0. The summed E-state index contributed by atoms with van der Waals surface area (Å²) in [5, 5.41) is 2.85. The average Bonchev–Trinajstić information content (AvgIpc) is 2.51. The molecule has 3 nitrogen and oxygen atoms in total. The molecule has 0 saturated carbocycles. The van der Waals surface area contributed by atoms with E-state index in [9.17, 15) is 4.79 Å². The molecule has 2 aliphatic rings. The molecule has 2 atom stereocenters. The van der Waals surface area contributed by atoms with Gasteiger partial charge >= 0.3 is 0 Å². The number of fused-ring (bicyclic) bond motifs is 2. The molecular weight excluding hydrogens is 178 g/mol. The number of nitrogens with one attached hydrogen (secondary N) is 1. The minimum absolute atomic E-state index is 0.0996. The molecule has 1 amide bonds. The van der Waals surface area contributed by atoms with Crippen molar-refractivity contribution in [3.05, 3.63) is 24.8 Å². The number of hydrogen-bond donors (Lipinski definition) is 1. The van der Waals surface area contributed by atoms with Crippen LogP contribution < -0.4 is 5.32 Å². The summed E-state index contributed by atoms with van der Waals surface area (Å²) in [5.41, 5.74) is 0.137. The fourth-order valence-corrected chi connectivity index (χ4v) is 2.11. The van der Waals surface area contributed by atoms with Gasteiger partial charge in [0.05, 0.1) is 12.7 Å². The second kappa shape index (κ2) is 3.58. The van der Waals surface area contributed by atoms with Crippen molar-refractivity contribution in [1.29, 1.82) is 0 Å². The maximum Gasteiger partial charge on any atom is 0.243 e. The molecular formula is C11H15NO2. The summed E-state index contributed by atoms with van der Waals surface area (Å²) >= 11 is 0. The van der Waals surface area contributed by atoms with Gasteiger partial charge in [0.25, 0.3) is 0 Å². The van der Waals surface area contributed by atoms with Crippen LogP contribution in [0.1, 0.15) is 12.8 Å². The number of carbonyl (C=O) groups excluding carboxylic acids is 1. The Morgan fingerprint density at radius 1 is 1.79 bits per heavy atom. The Balaban J connectivity index is 1.93. The topological polar surface area (TPSA) is 38.3 Å². The Hall–Kier alpha value is -1.09. The number of ether oxygens (including phenoxy) is 1. The van der Waals surface area contributed by atoms with Gasteiger partial charge in [0.1, 0.15) is 0 Å². The van der Waals surface area contributed by atoms with Gasteiger partial charge in [0.15, 0.2) is 0 Å². The molecule has 3 heteroatoms. The van der Waals surface area contributed by atoms with Crippen LogP contribution in [0.15, 0.2) is 24.8 Å². The van der Waals surface area contributed by atoms with E-state index in [1.807, 2.05) is 0 Å². The number of rotatable bonds is 3. The molecule has 2 bridgehead atoms. The number of amides is 1. The van der Waals surface area contributed by atoms with Gasteiger partial charge in [0.2, 0.25) is 5.91 Å². The van der Waals surface area contributed by atoms with E-state index < -0.39 is 0 Å². The molecule has 0 aromatic rings. The maximum absolute atomic E-state index is 11.0. The number of carbonyl (C=O) groups is 1. The van der Waals surface area contributed by atoms with Crippen molar-refractivity contribution in [2.24, 2.45) is 5.41 Å². The van der Waals surface area contributed by atoms with Gasteiger partial charge in [-0.05, 0) is 18.9 Å². The predicted molar refractivity (Wildman–Crippen MR) is 53.8 cm³/mol. The van der Waals surface area contributed by atoms with Crippen molar-refractivity contribution in [3.63, 3.8) is 0 Å². The van der Waals surface area contributed by atoms with Crippen molar-refractivity contribution < 1.29 is 9.53 Å². The van der Waals surface area contributed by atoms with Crippen LogP contribution >= 0.6 is 0 Å². The van der Waals surface area contributed by atoms with Gasteiger partial charge < -0.3 is 10.1 Å².